The molecule has 0 N–H and O–H groups in total. The van der Waals surface area contributed by atoms with Gasteiger partial charge in [0.15, 0.2) is 0 Å². The van der Waals surface area contributed by atoms with Gasteiger partial charge < -0.3 is 42.6 Å². The zero-order chi connectivity index (χ0) is 69.3. The Balaban J connectivity index is 0.000000188. The van der Waals surface area contributed by atoms with Crippen molar-refractivity contribution in [3.05, 3.63) is 135 Å². The van der Waals surface area contributed by atoms with E-state index in [0.29, 0.717) is 71.0 Å². The number of anilines is 3. The number of para-hydroxylation sites is 1. The van der Waals surface area contributed by atoms with Crippen LogP contribution >= 0.6 is 0 Å². The first-order chi connectivity index (χ1) is 44.5. The van der Waals surface area contributed by atoms with Crippen molar-refractivity contribution in [1.82, 2.24) is 0 Å². The molecule has 6 aliphatic carbocycles. The molecule has 3 aliphatic heterocycles. The second-order valence-corrected chi connectivity index (χ2v) is 29.4. The summed E-state index contributed by atoms with van der Waals surface area (Å²) in [5, 5.41) is -9.11. The fourth-order valence-corrected chi connectivity index (χ4v) is 15.7. The number of rotatable bonds is 12. The molecule has 3 saturated heterocycles. The second kappa shape index (κ2) is 29.6. The van der Waals surface area contributed by atoms with Crippen molar-refractivity contribution >= 4 is 105 Å². The molecule has 9 fully saturated rings. The average Bonchev–Trinajstić information content (AvgIpc) is 1.60. The van der Waals surface area contributed by atoms with Gasteiger partial charge in [-0.1, -0.05) is 98.7 Å². The number of ether oxygens (including phenoxy) is 3. The predicted molar refractivity (Wildman–Crippen MR) is 327 cm³/mol. The van der Waals surface area contributed by atoms with Crippen molar-refractivity contribution < 1.29 is 108 Å². The molecular formula is C65H67F6N3O18Rf3S3-6. The van der Waals surface area contributed by atoms with Crippen LogP contribution in [-0.2, 0) is 73.3 Å². The van der Waals surface area contributed by atoms with Crippen molar-refractivity contribution in [2.75, 3.05) is 34.3 Å². The van der Waals surface area contributed by atoms with Crippen molar-refractivity contribution in [2.45, 2.75) is 94.3 Å². The molecule has 522 valence electrons. The number of carbonyl (C=O) groups excluding carboxylic acids is 6. The van der Waals surface area contributed by atoms with Crippen molar-refractivity contribution in [3.8, 4) is 0 Å². The molecule has 33 heteroatoms. The number of alkyl halides is 6. The van der Waals surface area contributed by atoms with Crippen LogP contribution in [0.2, 0.25) is 0 Å². The zero-order valence-electron chi connectivity index (χ0n) is 53.4. The van der Waals surface area contributed by atoms with Gasteiger partial charge in [0.25, 0.3) is 33.7 Å². The van der Waals surface area contributed by atoms with Crippen LogP contribution in [0.1, 0.15) is 78.6 Å². The summed E-state index contributed by atoms with van der Waals surface area (Å²) in [6.07, 6.45) is 11.9. The summed E-state index contributed by atoms with van der Waals surface area (Å²) in [7, 11) is -17.4. The largest absolute Gasteiger partial charge is 0.746 e. The Kier molecular flexibility index (Phi) is 23.2. The summed E-state index contributed by atoms with van der Waals surface area (Å²) in [6.45, 7) is 3.37. The smallest absolute Gasteiger partial charge is 0.271 e. The summed E-state index contributed by atoms with van der Waals surface area (Å²) in [5.41, 5.74) is 3.27. The third kappa shape index (κ3) is 16.4. The van der Waals surface area contributed by atoms with Gasteiger partial charge in [-0.2, -0.15) is 0 Å². The first kappa shape index (κ1) is 76.8. The van der Waals surface area contributed by atoms with E-state index in [4.69, 9.17) is 0 Å². The minimum Gasteiger partial charge on any atom is -0.746 e. The second-order valence-electron chi connectivity index (χ2n) is 25.0. The number of halogens is 6. The quantitative estimate of drug-likeness (QED) is 0.0368. The van der Waals surface area contributed by atoms with E-state index in [-0.39, 0.29) is 0 Å². The van der Waals surface area contributed by atoms with Crippen LogP contribution in [-0.4, -0.2) is 110 Å². The third-order valence-corrected chi connectivity index (χ3v) is 21.6. The Labute approximate surface area is 545 Å². The summed E-state index contributed by atoms with van der Waals surface area (Å²) in [4.78, 5) is 74.1. The van der Waals surface area contributed by atoms with E-state index < -0.39 is 83.8 Å². The van der Waals surface area contributed by atoms with Crippen LogP contribution < -0.4 is 14.7 Å². The first-order valence-corrected chi connectivity index (χ1v) is 34.7. The Morgan fingerprint density at radius 1 is 0.398 bits per heavy atom. The molecule has 6 bridgehead atoms. The topological polar surface area (TPSA) is 311 Å². The maximum atomic E-state index is 12.8. The van der Waals surface area contributed by atoms with Crippen molar-refractivity contribution in [2.24, 2.45) is 71.0 Å². The van der Waals surface area contributed by atoms with Crippen LogP contribution in [0, 0.1) is 90.8 Å². The molecule has 12 unspecified atom stereocenters. The summed E-state index contributed by atoms with van der Waals surface area (Å²) < 4.78 is 171. The van der Waals surface area contributed by atoms with E-state index in [1.165, 1.54) is 79.3 Å². The molecule has 9 aliphatic rings. The zero-order valence-corrected chi connectivity index (χ0v) is 75.1. The Hall–Kier alpha value is -10.2. The van der Waals surface area contributed by atoms with Gasteiger partial charge in [-0.05, 0) is 169 Å². The van der Waals surface area contributed by atoms with Gasteiger partial charge >= 0.3 is 0 Å². The molecule has 12 atom stereocenters. The Morgan fingerprint density at radius 3 is 0.918 bits per heavy atom. The number of benzene rings is 5. The van der Waals surface area contributed by atoms with E-state index in [1.807, 2.05) is 23.1 Å². The SMILES string of the molecule is CC(=O)O[CH-]C(F)(F)S(=O)(=O)[O-].CC(=O)O[CH-]C(F)(F)S(=O)(=O)[O-].CC(=O)O[CH-]C(F)(F)S(=O)(=O)[O-].O=C1C2C3CCC(C3)C2CN1c1ccc2ccccc2c1.O=C1C2C3CCC(C3)C2CN1c1ccc2ccccc2c1.O=C1C2C3CCC(C3)C2CN1c1ccccc1.[Rf].[Rf].[Rf]. The van der Waals surface area contributed by atoms with E-state index in [1.54, 1.807) is 0 Å². The monoisotopic (exact) mass is 2190 g/mol. The molecule has 6 saturated carbocycles. The summed E-state index contributed by atoms with van der Waals surface area (Å²) in [6, 6.07) is 39.8. The Bertz CT molecular complexity index is 3810. The third-order valence-electron chi connectivity index (χ3n) is 19.3. The normalized spacial score (nSPS) is 25.9. The molecule has 3 heterocycles. The molecule has 0 spiro atoms. The molecule has 5 aromatic rings. The molecule has 3 amide bonds. The summed E-state index contributed by atoms with van der Waals surface area (Å²) >= 11 is 0. The molecular weight excluding hydrogens is 2120 g/mol. The predicted octanol–water partition coefficient (Wildman–Crippen LogP) is 9.94. The average molecular weight is 2190 g/mol. The molecule has 0 aromatic heterocycles. The van der Waals surface area contributed by atoms with Gasteiger partial charge in [-0.25, -0.2) is 51.6 Å². The summed E-state index contributed by atoms with van der Waals surface area (Å²) in [5.74, 6) is 5.20. The fraction of sp³-hybridized carbons (Fsp3) is 0.462. The first-order valence-electron chi connectivity index (χ1n) is 30.5. The minimum atomic E-state index is -5.81. The van der Waals surface area contributed by atoms with Crippen LogP contribution in [0.4, 0.5) is 43.4 Å². The van der Waals surface area contributed by atoms with Gasteiger partial charge in [0.2, 0.25) is 17.7 Å². The minimum absolute atomic E-state index is 0. The van der Waals surface area contributed by atoms with Gasteiger partial charge in [0.05, 0.1) is 0 Å². The number of esters is 3. The molecule has 0 radical (unpaired) electrons. The van der Waals surface area contributed by atoms with Crippen LogP contribution in [0.3, 0.4) is 0 Å². The number of fused-ring (bicyclic) bond motifs is 17. The van der Waals surface area contributed by atoms with E-state index in [0.717, 1.165) is 75.2 Å². The van der Waals surface area contributed by atoms with Gasteiger partial charge in [-0.15, -0.1) is 0 Å². The van der Waals surface area contributed by atoms with Gasteiger partial charge in [-0.3, -0.25) is 28.8 Å². The van der Waals surface area contributed by atoms with Crippen LogP contribution in [0.15, 0.2) is 115 Å². The number of hydrogen-bond donors (Lipinski definition) is 0. The van der Waals surface area contributed by atoms with Gasteiger partial charge in [0.1, 0.15) is 30.4 Å². The standard InChI is InChI=1S/2C19H19NO.C15H17NO.3C4H5F2O5S.3Rf/c2*21-19-18-15-6-5-14(9-15)17(18)11-20(19)16-8-7-12-3-1-2-4-13(12)10-16;17-15-14-11-7-6-10(8-11)13(14)9-16(15)12-4-2-1-3-5-12;3*1-3(7)11-2-4(5,6)12(8,9)10;;;/h2*1-4,7-8,10,14-15,17-18H,5-6,9,11H2;1-5,10-11,13-14H,6-9H2;3*2H,1H3,(H,8,9,10);;;/q;;;3*-1;;;/p-3. The maximum absolute atomic E-state index is 12.8. The number of amides is 3. The maximum Gasteiger partial charge on any atom is 0.271 e. The number of hydrogen-bond acceptors (Lipinski definition) is 18. The van der Waals surface area contributed by atoms with Crippen LogP contribution in [0.5, 0.6) is 0 Å². The molecule has 5 aromatic carbocycles. The van der Waals surface area contributed by atoms with Crippen LogP contribution in [0.25, 0.3) is 21.5 Å². The molecule has 14 rings (SSSR count). The molecule has 98 heavy (non-hydrogen) atoms. The van der Waals surface area contributed by atoms with Crippen molar-refractivity contribution in [3.63, 3.8) is 0 Å². The van der Waals surface area contributed by atoms with E-state index in [9.17, 15) is 94.0 Å². The van der Waals surface area contributed by atoms with E-state index in [2.05, 4.69) is 121 Å². The fourth-order valence-electron chi connectivity index (χ4n) is 15.2. The van der Waals surface area contributed by atoms with E-state index >= 15 is 0 Å². The van der Waals surface area contributed by atoms with Crippen molar-refractivity contribution in [1.29, 1.82) is 0 Å². The molecule has 21 nitrogen and oxygen atoms in total. The Morgan fingerprint density at radius 2 is 0.653 bits per heavy atom. The number of carbonyl (C=O) groups is 6. The van der Waals surface area contributed by atoms with Gasteiger partial charge in [0, 0.05) is 75.2 Å². The number of nitrogens with zero attached hydrogens (tertiary/aromatic N) is 3.